The number of ether oxygens (including phenoxy) is 1. The number of piperidine rings is 1. The van der Waals surface area contributed by atoms with E-state index in [2.05, 4.69) is 43.8 Å². The average molecular weight is 372 g/mol. The van der Waals surface area contributed by atoms with Crippen LogP contribution in [0.25, 0.3) is 0 Å². The molecule has 0 unspecified atom stereocenters. The minimum absolute atomic E-state index is 0.488. The molecule has 2 heterocycles. The van der Waals surface area contributed by atoms with E-state index >= 15 is 0 Å². The number of rotatable bonds is 9. The summed E-state index contributed by atoms with van der Waals surface area (Å²) in [6.45, 7) is 4.75. The third-order valence-corrected chi connectivity index (χ3v) is 4.71. The third kappa shape index (κ3) is 5.68. The van der Waals surface area contributed by atoms with E-state index in [9.17, 15) is 0 Å². The number of hydrogen-bond acceptors (Lipinski definition) is 7. The summed E-state index contributed by atoms with van der Waals surface area (Å²) in [4.78, 5) is 2.52. The fourth-order valence-electron chi connectivity index (χ4n) is 3.23. The predicted molar refractivity (Wildman–Crippen MR) is 105 cm³/mol. The minimum atomic E-state index is 0.488. The fraction of sp³-hybridized carbons (Fsp3) is 0.526. The van der Waals surface area contributed by atoms with Crippen LogP contribution in [-0.2, 0) is 13.6 Å². The molecule has 1 fully saturated rings. The second-order valence-electron chi connectivity index (χ2n) is 6.80. The normalized spacial score (nSPS) is 15.3. The van der Waals surface area contributed by atoms with E-state index < -0.39 is 0 Å². The second kappa shape index (κ2) is 9.91. The van der Waals surface area contributed by atoms with Crippen LogP contribution in [0, 0.1) is 0 Å². The largest absolute Gasteiger partial charge is 0.494 e. The van der Waals surface area contributed by atoms with Crippen LogP contribution in [0.4, 0.5) is 5.95 Å². The van der Waals surface area contributed by atoms with Crippen LogP contribution in [0.15, 0.2) is 29.4 Å². The molecule has 0 amide bonds. The first-order valence-electron chi connectivity index (χ1n) is 9.51. The quantitative estimate of drug-likeness (QED) is 0.304. The zero-order valence-corrected chi connectivity index (χ0v) is 15.8. The number of benzene rings is 1. The summed E-state index contributed by atoms with van der Waals surface area (Å²) in [5.74, 6) is 2.04. The molecule has 0 aliphatic carbocycles. The first-order chi connectivity index (χ1) is 13.3. The molecule has 146 valence electrons. The molecule has 1 aliphatic heterocycles. The van der Waals surface area contributed by atoms with Gasteiger partial charge in [-0.05, 0) is 50.0 Å². The summed E-state index contributed by atoms with van der Waals surface area (Å²) in [6.07, 6.45) is 6.06. The van der Waals surface area contributed by atoms with E-state index in [0.29, 0.717) is 18.4 Å². The van der Waals surface area contributed by atoms with E-state index in [1.54, 1.807) is 4.57 Å². The average Bonchev–Trinajstić information content (AvgIpc) is 3.03. The summed E-state index contributed by atoms with van der Waals surface area (Å²) >= 11 is 0. The minimum Gasteiger partial charge on any atom is -0.494 e. The second-order valence-corrected chi connectivity index (χ2v) is 6.80. The number of aromatic nitrogens is 3. The lowest BCUT2D eigenvalue weighted by atomic mass is 10.1. The number of likely N-dealkylation sites (tertiary alicyclic amines) is 1. The third-order valence-electron chi connectivity index (χ3n) is 4.71. The topological polar surface area (TPSA) is 87.8 Å². The zero-order chi connectivity index (χ0) is 18.9. The summed E-state index contributed by atoms with van der Waals surface area (Å²) in [7, 11) is 1.81. The number of nitrogens with one attached hydrogen (secondary N) is 1. The van der Waals surface area contributed by atoms with E-state index in [4.69, 9.17) is 9.94 Å². The van der Waals surface area contributed by atoms with Crippen molar-refractivity contribution in [3.8, 4) is 5.75 Å². The Morgan fingerprint density at radius 1 is 1.26 bits per heavy atom. The summed E-state index contributed by atoms with van der Waals surface area (Å²) in [5, 5.41) is 22.7. The first kappa shape index (κ1) is 19.2. The molecule has 1 saturated heterocycles. The van der Waals surface area contributed by atoms with Crippen LogP contribution in [0.3, 0.4) is 0 Å². The Bertz CT molecular complexity index is 740. The van der Waals surface area contributed by atoms with Crippen molar-refractivity contribution in [1.82, 2.24) is 19.7 Å². The van der Waals surface area contributed by atoms with Gasteiger partial charge in [0.1, 0.15) is 12.0 Å². The van der Waals surface area contributed by atoms with Gasteiger partial charge in [0.05, 0.1) is 6.61 Å². The molecule has 0 radical (unpaired) electrons. The van der Waals surface area contributed by atoms with E-state index in [-0.39, 0.29) is 0 Å². The van der Waals surface area contributed by atoms with Crippen LogP contribution >= 0.6 is 0 Å². The molecule has 8 heteroatoms. The molecule has 27 heavy (non-hydrogen) atoms. The maximum Gasteiger partial charge on any atom is 0.224 e. The summed E-state index contributed by atoms with van der Waals surface area (Å²) in [5.41, 5.74) is 1.31. The van der Waals surface area contributed by atoms with Crippen molar-refractivity contribution in [3.63, 3.8) is 0 Å². The van der Waals surface area contributed by atoms with E-state index in [0.717, 1.165) is 25.3 Å². The van der Waals surface area contributed by atoms with Gasteiger partial charge < -0.3 is 15.3 Å². The number of anilines is 1. The van der Waals surface area contributed by atoms with Crippen molar-refractivity contribution < 1.29 is 9.94 Å². The molecular weight excluding hydrogens is 344 g/mol. The highest BCUT2D eigenvalue weighted by atomic mass is 16.5. The molecule has 2 aromatic rings. The van der Waals surface area contributed by atoms with E-state index in [1.807, 2.05) is 13.1 Å². The van der Waals surface area contributed by atoms with Gasteiger partial charge in [0.15, 0.2) is 5.82 Å². The predicted octanol–water partition coefficient (Wildman–Crippen LogP) is 2.49. The van der Waals surface area contributed by atoms with Crippen LogP contribution in [0.5, 0.6) is 5.75 Å². The molecule has 0 atom stereocenters. The Labute approximate surface area is 159 Å². The van der Waals surface area contributed by atoms with Gasteiger partial charge in [-0.3, -0.25) is 9.47 Å². The lowest BCUT2D eigenvalue weighted by molar-refractivity contribution is 0.220. The molecule has 0 bridgehead atoms. The van der Waals surface area contributed by atoms with Crippen molar-refractivity contribution in [2.24, 2.45) is 12.2 Å². The standard InChI is InChI=1S/C19H28N6O2/c1-24-18(14-21-26)22-23-19(24)20-9-6-12-27-17-8-5-7-16(13-17)15-25-10-3-2-4-11-25/h5,7-8,13-14,26H,2-4,6,9-12,15H2,1H3,(H,20,23). The zero-order valence-electron chi connectivity index (χ0n) is 15.8. The highest BCUT2D eigenvalue weighted by Crippen LogP contribution is 2.17. The van der Waals surface area contributed by atoms with Crippen molar-refractivity contribution in [1.29, 1.82) is 0 Å². The van der Waals surface area contributed by atoms with E-state index in [1.165, 1.54) is 44.1 Å². The molecule has 1 aromatic carbocycles. The van der Waals surface area contributed by atoms with Gasteiger partial charge >= 0.3 is 0 Å². The molecule has 8 nitrogen and oxygen atoms in total. The molecular formula is C19H28N6O2. The van der Waals surface area contributed by atoms with Crippen molar-refractivity contribution in [2.75, 3.05) is 31.6 Å². The van der Waals surface area contributed by atoms with Crippen LogP contribution in [-0.4, -0.2) is 57.3 Å². The maximum atomic E-state index is 8.57. The Morgan fingerprint density at radius 2 is 2.11 bits per heavy atom. The Kier molecular flexibility index (Phi) is 7.04. The van der Waals surface area contributed by atoms with Crippen molar-refractivity contribution >= 4 is 12.2 Å². The number of nitrogens with zero attached hydrogens (tertiary/aromatic N) is 5. The van der Waals surface area contributed by atoms with Crippen molar-refractivity contribution in [3.05, 3.63) is 35.7 Å². The summed E-state index contributed by atoms with van der Waals surface area (Å²) < 4.78 is 7.62. The smallest absolute Gasteiger partial charge is 0.224 e. The maximum absolute atomic E-state index is 8.57. The molecule has 3 rings (SSSR count). The monoisotopic (exact) mass is 372 g/mol. The first-order valence-corrected chi connectivity index (χ1v) is 9.51. The molecule has 0 spiro atoms. The Balaban J connectivity index is 1.39. The Hall–Kier alpha value is -2.61. The van der Waals surface area contributed by atoms with Gasteiger partial charge in [0, 0.05) is 20.1 Å². The molecule has 2 N–H and O–H groups in total. The van der Waals surface area contributed by atoms with Gasteiger partial charge in [-0.1, -0.05) is 23.7 Å². The van der Waals surface area contributed by atoms with Gasteiger partial charge in [-0.2, -0.15) is 0 Å². The summed E-state index contributed by atoms with van der Waals surface area (Å²) in [6, 6.07) is 8.39. The van der Waals surface area contributed by atoms with Crippen LogP contribution < -0.4 is 10.1 Å². The highest BCUT2D eigenvalue weighted by molar-refractivity contribution is 5.74. The van der Waals surface area contributed by atoms with Gasteiger partial charge in [0.2, 0.25) is 5.95 Å². The van der Waals surface area contributed by atoms with Gasteiger partial charge in [-0.25, -0.2) is 0 Å². The lowest BCUT2D eigenvalue weighted by Crippen LogP contribution is -2.29. The van der Waals surface area contributed by atoms with Crippen LogP contribution in [0.1, 0.15) is 37.1 Å². The van der Waals surface area contributed by atoms with Crippen molar-refractivity contribution in [2.45, 2.75) is 32.2 Å². The number of hydrogen-bond donors (Lipinski definition) is 2. The van der Waals surface area contributed by atoms with Crippen LogP contribution in [0.2, 0.25) is 0 Å². The highest BCUT2D eigenvalue weighted by Gasteiger charge is 2.10. The molecule has 1 aromatic heterocycles. The van der Waals surface area contributed by atoms with Gasteiger partial charge in [-0.15, -0.1) is 10.2 Å². The Morgan fingerprint density at radius 3 is 2.93 bits per heavy atom. The lowest BCUT2D eigenvalue weighted by Gasteiger charge is -2.26. The fourth-order valence-corrected chi connectivity index (χ4v) is 3.23. The number of oxime groups is 1. The SMILES string of the molecule is Cn1c(C=NO)nnc1NCCCOc1cccc(CN2CCCCC2)c1. The molecule has 0 saturated carbocycles. The van der Waals surface area contributed by atoms with Gasteiger partial charge in [0.25, 0.3) is 0 Å². The molecule has 1 aliphatic rings.